The van der Waals surface area contributed by atoms with Crippen LogP contribution in [-0.2, 0) is 28.6 Å². The lowest BCUT2D eigenvalue weighted by Crippen LogP contribution is -2.30. The van der Waals surface area contributed by atoms with Crippen LogP contribution in [0.1, 0.15) is 355 Å². The van der Waals surface area contributed by atoms with E-state index in [1.165, 1.54) is 205 Å². The molecule has 0 rings (SSSR count). The van der Waals surface area contributed by atoms with Gasteiger partial charge >= 0.3 is 17.9 Å². The van der Waals surface area contributed by atoms with E-state index < -0.39 is 6.10 Å². The molecule has 6 nitrogen and oxygen atoms in total. The summed E-state index contributed by atoms with van der Waals surface area (Å²) in [5.74, 6) is -0.906. The van der Waals surface area contributed by atoms with Crippen molar-refractivity contribution < 1.29 is 28.6 Å². The van der Waals surface area contributed by atoms with Gasteiger partial charge in [-0.05, 0) is 109 Å². The molecule has 0 aromatic carbocycles. The summed E-state index contributed by atoms with van der Waals surface area (Å²) in [7, 11) is 0. The third kappa shape index (κ3) is 67.3. The lowest BCUT2D eigenvalue weighted by atomic mass is 10.0. The zero-order valence-electron chi connectivity index (χ0n) is 53.8. The Morgan fingerprint density at radius 1 is 0.259 bits per heavy atom. The molecular weight excluding hydrogens is 997 g/mol. The molecule has 0 radical (unpaired) electrons. The highest BCUT2D eigenvalue weighted by atomic mass is 16.6. The molecule has 0 spiro atoms. The SMILES string of the molecule is CC/C=C\C/C=C\C/C=C\C/C=C\CCCCCCC(=O)OC(COC(=O)CCCCCCC/C=C\CCCC)COC(=O)CCCCCCCCCCCCCCCCCCCCCCCCC/C=C\C/C=C\CCCCCCC. The van der Waals surface area contributed by atoms with Crippen LogP contribution in [0.25, 0.3) is 0 Å². The average Bonchev–Trinajstić information content (AvgIpc) is 3.47. The highest BCUT2D eigenvalue weighted by molar-refractivity contribution is 5.71. The number of carbonyl (C=O) groups excluding carboxylic acids is 3. The van der Waals surface area contributed by atoms with Crippen LogP contribution in [-0.4, -0.2) is 37.2 Å². The van der Waals surface area contributed by atoms with Gasteiger partial charge in [0.05, 0.1) is 0 Å². The van der Waals surface area contributed by atoms with Gasteiger partial charge in [0.25, 0.3) is 0 Å². The molecule has 0 fully saturated rings. The van der Waals surface area contributed by atoms with Gasteiger partial charge in [0.2, 0.25) is 0 Å². The molecule has 0 heterocycles. The summed E-state index contributed by atoms with van der Waals surface area (Å²) in [6, 6.07) is 0. The van der Waals surface area contributed by atoms with Crippen LogP contribution in [0, 0.1) is 0 Å². The Morgan fingerprint density at radius 3 is 0.802 bits per heavy atom. The maximum absolute atomic E-state index is 12.9. The Bertz CT molecular complexity index is 1530. The number of ether oxygens (including phenoxy) is 3. The van der Waals surface area contributed by atoms with E-state index in [2.05, 4.69) is 106 Å². The lowest BCUT2D eigenvalue weighted by molar-refractivity contribution is -0.167. The van der Waals surface area contributed by atoms with Crippen molar-refractivity contribution in [2.45, 2.75) is 361 Å². The molecule has 0 bridgehead atoms. The van der Waals surface area contributed by atoms with Crippen molar-refractivity contribution in [1.29, 1.82) is 0 Å². The van der Waals surface area contributed by atoms with Crippen LogP contribution in [0.3, 0.4) is 0 Å². The number of unbranched alkanes of at least 4 members (excludes halogenated alkanes) is 39. The Morgan fingerprint density at radius 2 is 0.494 bits per heavy atom. The van der Waals surface area contributed by atoms with E-state index in [-0.39, 0.29) is 31.1 Å². The van der Waals surface area contributed by atoms with E-state index in [1.807, 2.05) is 0 Å². The van der Waals surface area contributed by atoms with Crippen molar-refractivity contribution >= 4 is 17.9 Å². The second-order valence-electron chi connectivity index (χ2n) is 23.4. The van der Waals surface area contributed by atoms with Gasteiger partial charge in [0.15, 0.2) is 6.10 Å². The van der Waals surface area contributed by atoms with Crippen LogP contribution in [0.5, 0.6) is 0 Å². The van der Waals surface area contributed by atoms with Gasteiger partial charge in [-0.25, -0.2) is 0 Å². The van der Waals surface area contributed by atoms with Gasteiger partial charge in [-0.15, -0.1) is 0 Å². The summed E-state index contributed by atoms with van der Waals surface area (Å²) < 4.78 is 16.9. The zero-order chi connectivity index (χ0) is 58.5. The normalized spacial score (nSPS) is 12.6. The molecule has 0 aliphatic heterocycles. The number of rotatable bonds is 64. The van der Waals surface area contributed by atoms with Crippen LogP contribution < -0.4 is 0 Å². The molecule has 0 aromatic rings. The molecule has 0 N–H and O–H groups in total. The average molecular weight is 1130 g/mol. The first kappa shape index (κ1) is 77.6. The first-order valence-electron chi connectivity index (χ1n) is 35.1. The first-order valence-corrected chi connectivity index (χ1v) is 35.1. The second kappa shape index (κ2) is 69.1. The summed E-state index contributed by atoms with van der Waals surface area (Å²) in [4.78, 5) is 38.3. The van der Waals surface area contributed by atoms with E-state index in [0.29, 0.717) is 19.3 Å². The third-order valence-corrected chi connectivity index (χ3v) is 15.4. The van der Waals surface area contributed by atoms with Crippen molar-refractivity contribution in [3.63, 3.8) is 0 Å². The van der Waals surface area contributed by atoms with Crippen molar-refractivity contribution in [1.82, 2.24) is 0 Å². The predicted octanol–water partition coefficient (Wildman–Crippen LogP) is 24.2. The predicted molar refractivity (Wildman–Crippen MR) is 353 cm³/mol. The van der Waals surface area contributed by atoms with E-state index in [9.17, 15) is 14.4 Å². The second-order valence-corrected chi connectivity index (χ2v) is 23.4. The topological polar surface area (TPSA) is 78.9 Å². The Hall–Kier alpha value is -3.41. The number of allylic oxidation sites excluding steroid dienone is 14. The summed E-state index contributed by atoms with van der Waals surface area (Å²) in [5.41, 5.74) is 0. The number of hydrogen-bond acceptors (Lipinski definition) is 6. The molecule has 0 saturated carbocycles. The van der Waals surface area contributed by atoms with Crippen LogP contribution in [0.4, 0.5) is 0 Å². The highest BCUT2D eigenvalue weighted by Crippen LogP contribution is 2.18. The van der Waals surface area contributed by atoms with Gasteiger partial charge in [-0.2, -0.15) is 0 Å². The molecule has 81 heavy (non-hydrogen) atoms. The van der Waals surface area contributed by atoms with E-state index in [4.69, 9.17) is 14.2 Å². The van der Waals surface area contributed by atoms with Gasteiger partial charge in [-0.1, -0.05) is 311 Å². The molecular formula is C75H132O6. The Kier molecular flexibility index (Phi) is 66.2. The van der Waals surface area contributed by atoms with Gasteiger partial charge in [-0.3, -0.25) is 14.4 Å². The van der Waals surface area contributed by atoms with E-state index in [1.54, 1.807) is 0 Å². The molecule has 468 valence electrons. The molecule has 0 aromatic heterocycles. The number of carbonyl (C=O) groups is 3. The fourth-order valence-electron chi connectivity index (χ4n) is 10.1. The molecule has 6 heteroatoms. The molecule has 0 aliphatic rings. The standard InChI is InChI=1S/C75H132O6/c1-4-7-10-13-16-19-22-24-26-28-29-30-31-32-33-34-35-36-37-38-39-40-41-42-43-44-45-47-48-50-53-56-59-62-65-68-74(77)80-71-72(70-79-73(76)67-64-61-58-55-52-21-18-15-12-9-6-3)81-75(78)69-66-63-60-57-54-51-49-46-27-25-23-20-17-14-11-8-5-2/h8,11,15,17-18,20,22,24-25,27-29,49,51,72H,4-7,9-10,12-14,16,19,21,23,26,30-48,50,52-71H2,1-3H3/b11-8-,18-15-,20-17-,24-22-,27-25-,29-28-,51-49-. The smallest absolute Gasteiger partial charge is 0.306 e. The maximum Gasteiger partial charge on any atom is 0.306 e. The Balaban J connectivity index is 4.08. The monoisotopic (exact) mass is 1130 g/mol. The third-order valence-electron chi connectivity index (χ3n) is 15.4. The summed E-state index contributed by atoms with van der Waals surface area (Å²) in [6.45, 7) is 6.48. The summed E-state index contributed by atoms with van der Waals surface area (Å²) in [5, 5.41) is 0. The fraction of sp³-hybridized carbons (Fsp3) is 0.773. The van der Waals surface area contributed by atoms with Crippen LogP contribution >= 0.6 is 0 Å². The zero-order valence-corrected chi connectivity index (χ0v) is 53.8. The number of esters is 3. The van der Waals surface area contributed by atoms with E-state index in [0.717, 1.165) is 109 Å². The maximum atomic E-state index is 12.9. The molecule has 0 aliphatic carbocycles. The van der Waals surface area contributed by atoms with Gasteiger partial charge < -0.3 is 14.2 Å². The van der Waals surface area contributed by atoms with Gasteiger partial charge in [0, 0.05) is 19.3 Å². The van der Waals surface area contributed by atoms with Gasteiger partial charge in [0.1, 0.15) is 13.2 Å². The summed E-state index contributed by atoms with van der Waals surface area (Å²) >= 11 is 0. The number of hydrogen-bond donors (Lipinski definition) is 0. The minimum atomic E-state index is -0.792. The first-order chi connectivity index (χ1) is 40.0. The molecule has 1 atom stereocenters. The molecule has 0 saturated heterocycles. The molecule has 0 amide bonds. The fourth-order valence-corrected chi connectivity index (χ4v) is 10.1. The van der Waals surface area contributed by atoms with Crippen LogP contribution in [0.15, 0.2) is 85.1 Å². The Labute approximate surface area is 503 Å². The lowest BCUT2D eigenvalue weighted by Gasteiger charge is -2.18. The van der Waals surface area contributed by atoms with E-state index >= 15 is 0 Å². The van der Waals surface area contributed by atoms with Crippen molar-refractivity contribution in [2.24, 2.45) is 0 Å². The minimum Gasteiger partial charge on any atom is -0.462 e. The summed E-state index contributed by atoms with van der Waals surface area (Å²) in [6.07, 6.45) is 92.1. The van der Waals surface area contributed by atoms with Crippen molar-refractivity contribution in [3.05, 3.63) is 85.1 Å². The quantitative estimate of drug-likeness (QED) is 0.0261. The highest BCUT2D eigenvalue weighted by Gasteiger charge is 2.19. The minimum absolute atomic E-state index is 0.0861. The van der Waals surface area contributed by atoms with Crippen LogP contribution in [0.2, 0.25) is 0 Å². The molecule has 1 unspecified atom stereocenters. The van der Waals surface area contributed by atoms with Crippen molar-refractivity contribution in [3.8, 4) is 0 Å². The van der Waals surface area contributed by atoms with Crippen molar-refractivity contribution in [2.75, 3.05) is 13.2 Å². The largest absolute Gasteiger partial charge is 0.462 e.